The third kappa shape index (κ3) is 2.41. The van der Waals surface area contributed by atoms with Gasteiger partial charge in [-0.3, -0.25) is 0 Å². The second-order valence-electron chi connectivity index (χ2n) is 4.66. The molecule has 0 radical (unpaired) electrons. The van der Waals surface area contributed by atoms with Gasteiger partial charge in [0.2, 0.25) is 0 Å². The highest BCUT2D eigenvalue weighted by atomic mass is 32.1. The molecule has 0 aliphatic heterocycles. The summed E-state index contributed by atoms with van der Waals surface area (Å²) in [7, 11) is 0. The lowest BCUT2D eigenvalue weighted by Crippen LogP contribution is -2.13. The van der Waals surface area contributed by atoms with Crippen LogP contribution in [0.15, 0.2) is 34.2 Å². The summed E-state index contributed by atoms with van der Waals surface area (Å²) in [6.45, 7) is 5.60. The minimum absolute atomic E-state index is 0.797. The predicted octanol–water partition coefficient (Wildman–Crippen LogP) is 3.80. The highest BCUT2D eigenvalue weighted by Crippen LogP contribution is 2.25. The fourth-order valence-electron chi connectivity index (χ4n) is 2.25. The Morgan fingerprint density at radius 1 is 1.21 bits per heavy atom. The van der Waals surface area contributed by atoms with Crippen LogP contribution in [-0.2, 0) is 13.1 Å². The SMILES string of the molecule is Cc1noc(C)c1CNCc1csc2ccccc12. The van der Waals surface area contributed by atoms with Gasteiger partial charge in [0.05, 0.1) is 5.69 Å². The summed E-state index contributed by atoms with van der Waals surface area (Å²) in [5.74, 6) is 0.903. The van der Waals surface area contributed by atoms with Crippen molar-refractivity contribution in [3.05, 3.63) is 52.2 Å². The molecule has 2 aromatic heterocycles. The average Bonchev–Trinajstić information content (AvgIpc) is 2.97. The summed E-state index contributed by atoms with van der Waals surface area (Å²) in [4.78, 5) is 0. The number of fused-ring (bicyclic) bond motifs is 1. The van der Waals surface area contributed by atoms with Crippen molar-refractivity contribution >= 4 is 21.4 Å². The third-order valence-corrected chi connectivity index (χ3v) is 4.37. The Hall–Kier alpha value is -1.65. The molecule has 0 bridgehead atoms. The van der Waals surface area contributed by atoms with Crippen molar-refractivity contribution in [3.63, 3.8) is 0 Å². The van der Waals surface area contributed by atoms with Crippen molar-refractivity contribution in [2.24, 2.45) is 0 Å². The maximum atomic E-state index is 5.17. The number of aryl methyl sites for hydroxylation is 2. The molecule has 1 aromatic carbocycles. The topological polar surface area (TPSA) is 38.1 Å². The first-order valence-corrected chi connectivity index (χ1v) is 7.21. The molecule has 0 aliphatic rings. The molecule has 3 rings (SSSR count). The first-order valence-electron chi connectivity index (χ1n) is 6.33. The summed E-state index contributed by atoms with van der Waals surface area (Å²) in [6, 6.07) is 8.52. The average molecular weight is 272 g/mol. The Morgan fingerprint density at radius 2 is 2.05 bits per heavy atom. The van der Waals surface area contributed by atoms with E-state index in [1.54, 1.807) is 11.3 Å². The van der Waals surface area contributed by atoms with E-state index >= 15 is 0 Å². The molecule has 0 aliphatic carbocycles. The van der Waals surface area contributed by atoms with E-state index in [-0.39, 0.29) is 0 Å². The van der Waals surface area contributed by atoms with E-state index in [1.807, 2.05) is 13.8 Å². The lowest BCUT2D eigenvalue weighted by molar-refractivity contribution is 0.392. The summed E-state index contributed by atoms with van der Waals surface area (Å²) in [5.41, 5.74) is 3.49. The van der Waals surface area contributed by atoms with Gasteiger partial charge in [0.1, 0.15) is 5.76 Å². The number of nitrogens with one attached hydrogen (secondary N) is 1. The number of aromatic nitrogens is 1. The first kappa shape index (κ1) is 12.4. The van der Waals surface area contributed by atoms with E-state index in [2.05, 4.69) is 40.1 Å². The van der Waals surface area contributed by atoms with Gasteiger partial charge >= 0.3 is 0 Å². The summed E-state index contributed by atoms with van der Waals surface area (Å²) in [6.07, 6.45) is 0. The monoisotopic (exact) mass is 272 g/mol. The minimum atomic E-state index is 0.797. The second kappa shape index (κ2) is 5.15. The quantitative estimate of drug-likeness (QED) is 0.785. The highest BCUT2D eigenvalue weighted by Gasteiger charge is 2.08. The molecule has 1 N–H and O–H groups in total. The van der Waals surface area contributed by atoms with Crippen molar-refractivity contribution in [1.29, 1.82) is 0 Å². The van der Waals surface area contributed by atoms with Crippen molar-refractivity contribution in [2.45, 2.75) is 26.9 Å². The van der Waals surface area contributed by atoms with Gasteiger partial charge in [-0.05, 0) is 36.2 Å². The molecule has 0 atom stereocenters. The van der Waals surface area contributed by atoms with Crippen LogP contribution in [0, 0.1) is 13.8 Å². The van der Waals surface area contributed by atoms with Gasteiger partial charge in [-0.2, -0.15) is 0 Å². The second-order valence-corrected chi connectivity index (χ2v) is 5.57. The number of thiophene rings is 1. The molecule has 0 unspecified atom stereocenters. The number of benzene rings is 1. The summed E-state index contributed by atoms with van der Waals surface area (Å²) >= 11 is 1.80. The van der Waals surface area contributed by atoms with E-state index < -0.39 is 0 Å². The predicted molar refractivity (Wildman–Crippen MR) is 78.3 cm³/mol. The Labute approximate surface area is 116 Å². The normalized spacial score (nSPS) is 11.3. The van der Waals surface area contributed by atoms with Crippen molar-refractivity contribution in [3.8, 4) is 0 Å². The lowest BCUT2D eigenvalue weighted by atomic mass is 10.1. The van der Waals surface area contributed by atoms with Crippen LogP contribution >= 0.6 is 11.3 Å². The maximum absolute atomic E-state index is 5.17. The number of hydrogen-bond acceptors (Lipinski definition) is 4. The molecule has 4 heteroatoms. The summed E-state index contributed by atoms with van der Waals surface area (Å²) in [5, 5.41) is 11.0. The molecule has 0 saturated heterocycles. The smallest absolute Gasteiger partial charge is 0.138 e. The molecule has 0 fully saturated rings. The Kier molecular flexibility index (Phi) is 3.36. The number of hydrogen-bond donors (Lipinski definition) is 1. The van der Waals surface area contributed by atoms with Crippen molar-refractivity contribution < 1.29 is 4.52 Å². The van der Waals surface area contributed by atoms with Crippen molar-refractivity contribution in [2.75, 3.05) is 0 Å². The van der Waals surface area contributed by atoms with Crippen LogP contribution in [0.3, 0.4) is 0 Å². The fourth-order valence-corrected chi connectivity index (χ4v) is 3.21. The van der Waals surface area contributed by atoms with E-state index in [4.69, 9.17) is 4.52 Å². The van der Waals surface area contributed by atoms with Crippen LogP contribution in [0.1, 0.15) is 22.6 Å². The van der Waals surface area contributed by atoms with Crippen LogP contribution in [0.4, 0.5) is 0 Å². The molecular weight excluding hydrogens is 256 g/mol. The molecule has 0 amide bonds. The zero-order valence-electron chi connectivity index (χ0n) is 11.1. The molecule has 19 heavy (non-hydrogen) atoms. The van der Waals surface area contributed by atoms with Gasteiger partial charge in [-0.1, -0.05) is 23.4 Å². The van der Waals surface area contributed by atoms with Crippen LogP contribution in [0.2, 0.25) is 0 Å². The zero-order valence-corrected chi connectivity index (χ0v) is 11.9. The van der Waals surface area contributed by atoms with E-state index in [0.717, 1.165) is 24.5 Å². The molecular formula is C15H16N2OS. The van der Waals surface area contributed by atoms with E-state index in [9.17, 15) is 0 Å². The zero-order chi connectivity index (χ0) is 13.2. The van der Waals surface area contributed by atoms with Gasteiger partial charge < -0.3 is 9.84 Å². The standard InChI is InChI=1S/C15H16N2OS/c1-10-14(11(2)18-17-10)8-16-7-12-9-19-15-6-4-3-5-13(12)15/h3-6,9,16H,7-8H2,1-2H3. The Bertz CT molecular complexity index is 680. The van der Waals surface area contributed by atoms with Crippen LogP contribution in [0.5, 0.6) is 0 Å². The number of nitrogens with zero attached hydrogens (tertiary/aromatic N) is 1. The van der Waals surface area contributed by atoms with Crippen LogP contribution in [-0.4, -0.2) is 5.16 Å². The molecule has 3 nitrogen and oxygen atoms in total. The molecule has 0 saturated carbocycles. The molecule has 3 aromatic rings. The largest absolute Gasteiger partial charge is 0.361 e. The van der Waals surface area contributed by atoms with Gasteiger partial charge in [0.15, 0.2) is 0 Å². The van der Waals surface area contributed by atoms with E-state index in [0.29, 0.717) is 0 Å². The van der Waals surface area contributed by atoms with Gasteiger partial charge in [-0.15, -0.1) is 11.3 Å². The third-order valence-electron chi connectivity index (χ3n) is 3.36. The maximum Gasteiger partial charge on any atom is 0.138 e. The first-order chi connectivity index (χ1) is 9.25. The summed E-state index contributed by atoms with van der Waals surface area (Å²) < 4.78 is 6.51. The number of rotatable bonds is 4. The molecule has 0 spiro atoms. The van der Waals surface area contributed by atoms with Gasteiger partial charge in [0.25, 0.3) is 0 Å². The molecule has 98 valence electrons. The van der Waals surface area contributed by atoms with Crippen LogP contribution in [0.25, 0.3) is 10.1 Å². The molecule has 2 heterocycles. The van der Waals surface area contributed by atoms with Crippen LogP contribution < -0.4 is 5.32 Å². The Balaban J connectivity index is 1.70. The minimum Gasteiger partial charge on any atom is -0.361 e. The lowest BCUT2D eigenvalue weighted by Gasteiger charge is -2.03. The Morgan fingerprint density at radius 3 is 2.84 bits per heavy atom. The van der Waals surface area contributed by atoms with Crippen molar-refractivity contribution in [1.82, 2.24) is 10.5 Å². The fraction of sp³-hybridized carbons (Fsp3) is 0.267. The van der Waals surface area contributed by atoms with E-state index in [1.165, 1.54) is 21.2 Å². The van der Waals surface area contributed by atoms with Gasteiger partial charge in [0, 0.05) is 23.4 Å². The highest BCUT2D eigenvalue weighted by molar-refractivity contribution is 7.17. The van der Waals surface area contributed by atoms with Gasteiger partial charge in [-0.25, -0.2) is 0 Å².